The van der Waals surface area contributed by atoms with Crippen LogP contribution < -0.4 is 0 Å². The Morgan fingerprint density at radius 2 is 1.80 bits per heavy atom. The summed E-state index contributed by atoms with van der Waals surface area (Å²) in [6.07, 6.45) is 0. The van der Waals surface area contributed by atoms with Gasteiger partial charge in [-0.2, -0.15) is 0 Å². The van der Waals surface area contributed by atoms with Crippen molar-refractivity contribution in [1.82, 2.24) is 15.0 Å². The Bertz CT molecular complexity index is 917. The zero-order valence-corrected chi connectivity index (χ0v) is 15.2. The van der Waals surface area contributed by atoms with E-state index in [2.05, 4.69) is 10.3 Å². The third-order valence-corrected chi connectivity index (χ3v) is 5.12. The zero-order valence-electron chi connectivity index (χ0n) is 14.4. The summed E-state index contributed by atoms with van der Waals surface area (Å²) >= 11 is 1.57. The highest BCUT2D eigenvalue weighted by atomic mass is 32.2. The smallest absolute Gasteiger partial charge is 0.358 e. The number of carboxylic acids is 1. The maximum Gasteiger partial charge on any atom is 0.358 e. The van der Waals surface area contributed by atoms with Crippen LogP contribution in [0.15, 0.2) is 47.4 Å². The van der Waals surface area contributed by atoms with Crippen LogP contribution in [-0.2, 0) is 5.75 Å². The molecule has 0 spiro atoms. The topological polar surface area (TPSA) is 68.0 Å². The van der Waals surface area contributed by atoms with E-state index < -0.39 is 5.97 Å². The molecule has 0 saturated heterocycles. The Morgan fingerprint density at radius 1 is 1.08 bits per heavy atom. The number of nitrogens with zero attached hydrogens (tertiary/aromatic N) is 3. The first-order valence-electron chi connectivity index (χ1n) is 7.90. The van der Waals surface area contributed by atoms with E-state index in [-0.39, 0.29) is 5.69 Å². The maximum atomic E-state index is 11.5. The first kappa shape index (κ1) is 17.2. The highest BCUT2D eigenvalue weighted by Crippen LogP contribution is 2.26. The molecular weight excluding hydrogens is 334 g/mol. The fourth-order valence-corrected chi connectivity index (χ4v) is 3.34. The number of rotatable bonds is 5. The van der Waals surface area contributed by atoms with Crippen LogP contribution in [0.3, 0.4) is 0 Å². The van der Waals surface area contributed by atoms with Crippen LogP contribution in [0.2, 0.25) is 0 Å². The lowest BCUT2D eigenvalue weighted by atomic mass is 10.1. The number of hydrogen-bond acceptors (Lipinski definition) is 4. The van der Waals surface area contributed by atoms with Gasteiger partial charge >= 0.3 is 5.97 Å². The van der Waals surface area contributed by atoms with Gasteiger partial charge in [-0.1, -0.05) is 29.0 Å². The summed E-state index contributed by atoms with van der Waals surface area (Å²) in [5.74, 6) is -0.584. The standard InChI is InChI=1S/C19H19N3O2S/c1-12-4-8-16(9-5-12)25-11-17-18(19(23)24)20-21-22(17)15-7-6-13(2)14(3)10-15/h4-10H,11H2,1-3H3,(H,23,24). The lowest BCUT2D eigenvalue weighted by Crippen LogP contribution is -2.06. The summed E-state index contributed by atoms with van der Waals surface area (Å²) in [6, 6.07) is 14.1. The molecule has 3 rings (SSSR count). The van der Waals surface area contributed by atoms with Gasteiger partial charge in [-0.05, 0) is 56.2 Å². The van der Waals surface area contributed by atoms with Crippen LogP contribution in [0.1, 0.15) is 32.9 Å². The molecule has 0 radical (unpaired) electrons. The quantitative estimate of drug-likeness (QED) is 0.697. The predicted molar refractivity (Wildman–Crippen MR) is 98.5 cm³/mol. The van der Waals surface area contributed by atoms with Crippen LogP contribution in [0.25, 0.3) is 5.69 Å². The monoisotopic (exact) mass is 353 g/mol. The summed E-state index contributed by atoms with van der Waals surface area (Å²) in [7, 11) is 0. The molecule has 25 heavy (non-hydrogen) atoms. The third-order valence-electron chi connectivity index (χ3n) is 4.10. The number of hydrogen-bond donors (Lipinski definition) is 1. The molecule has 0 fully saturated rings. The van der Waals surface area contributed by atoms with Gasteiger partial charge in [0, 0.05) is 10.6 Å². The minimum atomic E-state index is -1.06. The van der Waals surface area contributed by atoms with Gasteiger partial charge in [0.25, 0.3) is 0 Å². The third kappa shape index (κ3) is 3.74. The van der Waals surface area contributed by atoms with Crippen molar-refractivity contribution in [3.05, 3.63) is 70.5 Å². The molecule has 0 unspecified atom stereocenters. The van der Waals surface area contributed by atoms with E-state index in [4.69, 9.17) is 0 Å². The summed E-state index contributed by atoms with van der Waals surface area (Å²) < 4.78 is 1.62. The van der Waals surface area contributed by atoms with Crippen LogP contribution in [0.5, 0.6) is 0 Å². The molecule has 0 amide bonds. The van der Waals surface area contributed by atoms with Gasteiger partial charge in [0.1, 0.15) is 0 Å². The first-order valence-corrected chi connectivity index (χ1v) is 8.89. The van der Waals surface area contributed by atoms with Gasteiger partial charge < -0.3 is 5.11 Å². The molecule has 128 valence electrons. The Balaban J connectivity index is 1.95. The van der Waals surface area contributed by atoms with Crippen molar-refractivity contribution in [2.24, 2.45) is 0 Å². The van der Waals surface area contributed by atoms with Crippen LogP contribution >= 0.6 is 11.8 Å². The number of aromatic carboxylic acids is 1. The van der Waals surface area contributed by atoms with Crippen LogP contribution in [0.4, 0.5) is 0 Å². The highest BCUT2D eigenvalue weighted by Gasteiger charge is 2.20. The van der Waals surface area contributed by atoms with Crippen LogP contribution in [-0.4, -0.2) is 26.1 Å². The largest absolute Gasteiger partial charge is 0.476 e. The average molecular weight is 353 g/mol. The van der Waals surface area contributed by atoms with E-state index in [0.717, 1.165) is 16.1 Å². The second-order valence-corrected chi connectivity index (χ2v) is 7.02. The Labute approximate surface area is 150 Å². The summed E-state index contributed by atoms with van der Waals surface area (Å²) in [5.41, 5.74) is 4.90. The number of aromatic nitrogens is 3. The van der Waals surface area contributed by atoms with Crippen LogP contribution in [0, 0.1) is 20.8 Å². The molecule has 0 aliphatic carbocycles. The van der Waals surface area contributed by atoms with Gasteiger partial charge in [-0.25, -0.2) is 9.48 Å². The van der Waals surface area contributed by atoms with Gasteiger partial charge in [-0.3, -0.25) is 0 Å². The van der Waals surface area contributed by atoms with Crippen molar-refractivity contribution in [3.8, 4) is 5.69 Å². The normalized spacial score (nSPS) is 10.8. The SMILES string of the molecule is Cc1ccc(SCc2c(C(=O)O)nnn2-c2ccc(C)c(C)c2)cc1. The van der Waals surface area contributed by atoms with E-state index in [1.54, 1.807) is 16.4 Å². The van der Waals surface area contributed by atoms with E-state index in [0.29, 0.717) is 11.4 Å². The van der Waals surface area contributed by atoms with Gasteiger partial charge in [0.05, 0.1) is 11.4 Å². The lowest BCUT2D eigenvalue weighted by molar-refractivity contribution is 0.0689. The molecular formula is C19H19N3O2S. The maximum absolute atomic E-state index is 11.5. The minimum absolute atomic E-state index is 0.00200. The molecule has 0 aliphatic rings. The molecule has 0 saturated carbocycles. The van der Waals surface area contributed by atoms with E-state index >= 15 is 0 Å². The second-order valence-electron chi connectivity index (χ2n) is 5.97. The van der Waals surface area contributed by atoms with Gasteiger partial charge in [0.15, 0.2) is 5.69 Å². The molecule has 6 heteroatoms. The van der Waals surface area contributed by atoms with Crippen molar-refractivity contribution in [2.75, 3.05) is 0 Å². The molecule has 1 aromatic heterocycles. The molecule has 2 aromatic carbocycles. The Hall–Kier alpha value is -2.60. The molecule has 0 atom stereocenters. The molecule has 1 heterocycles. The second kappa shape index (κ2) is 7.11. The average Bonchev–Trinajstić information content (AvgIpc) is 3.01. The Morgan fingerprint density at radius 3 is 2.44 bits per heavy atom. The van der Waals surface area contributed by atoms with Gasteiger partial charge in [-0.15, -0.1) is 16.9 Å². The van der Waals surface area contributed by atoms with Gasteiger partial charge in [0.2, 0.25) is 0 Å². The lowest BCUT2D eigenvalue weighted by Gasteiger charge is -2.09. The Kier molecular flexibility index (Phi) is 4.90. The number of thioether (sulfide) groups is 1. The number of benzene rings is 2. The van der Waals surface area contributed by atoms with E-state index in [9.17, 15) is 9.90 Å². The number of carboxylic acid groups (broad SMARTS) is 1. The molecule has 3 aromatic rings. The molecule has 0 bridgehead atoms. The predicted octanol–water partition coefficient (Wildman–Crippen LogP) is 4.18. The summed E-state index contributed by atoms with van der Waals surface area (Å²) in [5, 5.41) is 17.4. The fraction of sp³-hybridized carbons (Fsp3) is 0.211. The fourth-order valence-electron chi connectivity index (χ4n) is 2.45. The molecule has 0 aliphatic heterocycles. The zero-order chi connectivity index (χ0) is 18.0. The van der Waals surface area contributed by atoms with Crippen molar-refractivity contribution in [2.45, 2.75) is 31.4 Å². The van der Waals surface area contributed by atoms with Crippen molar-refractivity contribution in [1.29, 1.82) is 0 Å². The van der Waals surface area contributed by atoms with Crippen molar-refractivity contribution >= 4 is 17.7 Å². The van der Waals surface area contributed by atoms with Crippen molar-refractivity contribution < 1.29 is 9.90 Å². The minimum Gasteiger partial charge on any atom is -0.476 e. The number of carbonyl (C=O) groups is 1. The summed E-state index contributed by atoms with van der Waals surface area (Å²) in [6.45, 7) is 6.10. The van der Waals surface area contributed by atoms with Crippen molar-refractivity contribution in [3.63, 3.8) is 0 Å². The summed E-state index contributed by atoms with van der Waals surface area (Å²) in [4.78, 5) is 12.6. The molecule has 5 nitrogen and oxygen atoms in total. The molecule has 1 N–H and O–H groups in total. The number of aryl methyl sites for hydroxylation is 3. The first-order chi connectivity index (χ1) is 12.0. The highest BCUT2D eigenvalue weighted by molar-refractivity contribution is 7.98. The van der Waals surface area contributed by atoms with E-state index in [1.807, 2.05) is 63.2 Å². The van der Waals surface area contributed by atoms with E-state index in [1.165, 1.54) is 11.1 Å².